The van der Waals surface area contributed by atoms with Crippen LogP contribution in [0.1, 0.15) is 37.7 Å². The summed E-state index contributed by atoms with van der Waals surface area (Å²) in [5.41, 5.74) is 4.73. The van der Waals surface area contributed by atoms with Crippen LogP contribution in [0.25, 0.3) is 16.6 Å². The van der Waals surface area contributed by atoms with E-state index in [1.54, 1.807) is 0 Å². The van der Waals surface area contributed by atoms with Gasteiger partial charge in [0.1, 0.15) is 6.10 Å². The van der Waals surface area contributed by atoms with Gasteiger partial charge in [-0.2, -0.15) is 0 Å². The first-order valence-corrected chi connectivity index (χ1v) is 7.95. The number of pyridine rings is 1. The summed E-state index contributed by atoms with van der Waals surface area (Å²) >= 11 is 0. The number of aromatic nitrogens is 2. The molecule has 2 N–H and O–H groups in total. The van der Waals surface area contributed by atoms with Gasteiger partial charge in [0.2, 0.25) is 5.88 Å². The molecule has 21 heavy (non-hydrogen) atoms. The first kappa shape index (κ1) is 12.9. The van der Waals surface area contributed by atoms with Crippen LogP contribution >= 0.6 is 0 Å². The van der Waals surface area contributed by atoms with Crippen LogP contribution in [-0.2, 0) is 0 Å². The van der Waals surface area contributed by atoms with Crippen LogP contribution < -0.4 is 10.1 Å². The molecule has 110 valence electrons. The highest BCUT2D eigenvalue weighted by Gasteiger charge is 2.18. The largest absolute Gasteiger partial charge is 0.474 e. The quantitative estimate of drug-likeness (QED) is 0.909. The number of rotatable bonds is 3. The van der Waals surface area contributed by atoms with Crippen molar-refractivity contribution in [2.75, 3.05) is 13.1 Å². The van der Waals surface area contributed by atoms with E-state index in [2.05, 4.69) is 28.6 Å². The van der Waals surface area contributed by atoms with Crippen LogP contribution in [0.4, 0.5) is 0 Å². The van der Waals surface area contributed by atoms with E-state index in [0.29, 0.717) is 6.10 Å². The first-order valence-electron chi connectivity index (χ1n) is 7.95. The van der Waals surface area contributed by atoms with Gasteiger partial charge in [-0.15, -0.1) is 0 Å². The smallest absolute Gasteiger partial charge is 0.214 e. The fourth-order valence-electron chi connectivity index (χ4n) is 3.34. The molecule has 0 unspecified atom stereocenters. The van der Waals surface area contributed by atoms with Crippen LogP contribution in [0.15, 0.2) is 24.4 Å². The van der Waals surface area contributed by atoms with Crippen molar-refractivity contribution in [2.24, 2.45) is 0 Å². The van der Waals surface area contributed by atoms with Crippen molar-refractivity contribution in [1.29, 1.82) is 0 Å². The minimum Gasteiger partial charge on any atom is -0.474 e. The summed E-state index contributed by atoms with van der Waals surface area (Å²) in [5, 5.41) is 3.35. The van der Waals surface area contributed by atoms with Crippen LogP contribution in [0.2, 0.25) is 0 Å². The minimum absolute atomic E-state index is 0.357. The van der Waals surface area contributed by atoms with Gasteiger partial charge in [0.05, 0.1) is 11.0 Å². The van der Waals surface area contributed by atoms with Crippen molar-refractivity contribution in [1.82, 2.24) is 15.3 Å². The Balaban J connectivity index is 1.66. The molecule has 0 bridgehead atoms. The summed E-state index contributed by atoms with van der Waals surface area (Å²) < 4.78 is 6.04. The SMILES string of the molecule is C1=C(c2c[nH]c3ccc(OC4CCCC4)nc23)CCNC1. The standard InChI is InChI=1S/C17H21N3O/c1-2-4-13(3-1)21-16-6-5-15-17(20-16)14(11-19-15)12-7-9-18-10-8-12/h5-7,11,13,18-19H,1-4,8-10H2. The van der Waals surface area contributed by atoms with Gasteiger partial charge in [0.15, 0.2) is 0 Å². The Morgan fingerprint density at radius 2 is 2.10 bits per heavy atom. The molecule has 4 heteroatoms. The number of H-pyrrole nitrogens is 1. The zero-order valence-electron chi connectivity index (χ0n) is 12.2. The van der Waals surface area contributed by atoms with E-state index in [1.807, 2.05) is 6.07 Å². The summed E-state index contributed by atoms with van der Waals surface area (Å²) in [7, 11) is 0. The molecule has 0 radical (unpaired) electrons. The molecule has 0 spiro atoms. The molecule has 2 aliphatic rings. The van der Waals surface area contributed by atoms with Gasteiger partial charge in [-0.25, -0.2) is 4.98 Å². The van der Waals surface area contributed by atoms with Crippen LogP contribution in [0.5, 0.6) is 5.88 Å². The number of nitrogens with one attached hydrogen (secondary N) is 2. The van der Waals surface area contributed by atoms with E-state index in [-0.39, 0.29) is 0 Å². The van der Waals surface area contributed by atoms with Gasteiger partial charge in [-0.1, -0.05) is 6.08 Å². The molecule has 4 nitrogen and oxygen atoms in total. The Labute approximate surface area is 124 Å². The summed E-state index contributed by atoms with van der Waals surface area (Å²) in [4.78, 5) is 8.09. The summed E-state index contributed by atoms with van der Waals surface area (Å²) in [6.45, 7) is 1.98. The summed E-state index contributed by atoms with van der Waals surface area (Å²) in [6, 6.07) is 4.06. The molecule has 2 aromatic rings. The molecule has 0 amide bonds. The van der Waals surface area contributed by atoms with Crippen molar-refractivity contribution < 1.29 is 4.74 Å². The molecule has 1 aliphatic heterocycles. The van der Waals surface area contributed by atoms with Gasteiger partial charge < -0.3 is 15.0 Å². The number of hydrogen-bond acceptors (Lipinski definition) is 3. The number of aromatic amines is 1. The van der Waals surface area contributed by atoms with Crippen molar-refractivity contribution in [3.05, 3.63) is 30.0 Å². The molecule has 1 fully saturated rings. The summed E-state index contributed by atoms with van der Waals surface area (Å²) in [5.74, 6) is 0.768. The van der Waals surface area contributed by atoms with Gasteiger partial charge in [0.25, 0.3) is 0 Å². The molecular weight excluding hydrogens is 262 g/mol. The van der Waals surface area contributed by atoms with E-state index in [9.17, 15) is 0 Å². The van der Waals surface area contributed by atoms with E-state index in [0.717, 1.165) is 49.3 Å². The average molecular weight is 283 g/mol. The lowest BCUT2D eigenvalue weighted by molar-refractivity contribution is 0.202. The molecule has 1 aliphatic carbocycles. The highest BCUT2D eigenvalue weighted by Crippen LogP contribution is 2.29. The lowest BCUT2D eigenvalue weighted by Crippen LogP contribution is -2.20. The number of nitrogens with zero attached hydrogens (tertiary/aromatic N) is 1. The molecule has 0 aromatic carbocycles. The lowest BCUT2D eigenvalue weighted by atomic mass is 10.0. The number of fused-ring (bicyclic) bond motifs is 1. The monoisotopic (exact) mass is 283 g/mol. The highest BCUT2D eigenvalue weighted by molar-refractivity contribution is 5.90. The van der Waals surface area contributed by atoms with Crippen LogP contribution in [0, 0.1) is 0 Å². The fourth-order valence-corrected chi connectivity index (χ4v) is 3.34. The van der Waals surface area contributed by atoms with Gasteiger partial charge in [-0.3, -0.25) is 0 Å². The molecule has 2 aromatic heterocycles. The van der Waals surface area contributed by atoms with E-state index in [1.165, 1.54) is 24.0 Å². The maximum absolute atomic E-state index is 6.04. The maximum Gasteiger partial charge on any atom is 0.214 e. The minimum atomic E-state index is 0.357. The third-order valence-corrected chi connectivity index (χ3v) is 4.50. The molecule has 0 saturated heterocycles. The van der Waals surface area contributed by atoms with Crippen molar-refractivity contribution in [3.63, 3.8) is 0 Å². The summed E-state index contributed by atoms with van der Waals surface area (Å²) in [6.07, 6.45) is 10.6. The third-order valence-electron chi connectivity index (χ3n) is 4.50. The van der Waals surface area contributed by atoms with Crippen molar-refractivity contribution >= 4 is 16.6 Å². The topological polar surface area (TPSA) is 49.9 Å². The normalized spacial score (nSPS) is 19.9. The fraction of sp³-hybridized carbons (Fsp3) is 0.471. The Morgan fingerprint density at radius 1 is 1.19 bits per heavy atom. The Bertz CT molecular complexity index is 668. The molecule has 3 heterocycles. The lowest BCUT2D eigenvalue weighted by Gasteiger charge is -2.14. The molecular formula is C17H21N3O. The van der Waals surface area contributed by atoms with Gasteiger partial charge in [-0.05, 0) is 50.3 Å². The second-order valence-corrected chi connectivity index (χ2v) is 5.96. The average Bonchev–Trinajstić information content (AvgIpc) is 3.17. The number of hydrogen-bond donors (Lipinski definition) is 2. The molecule has 0 atom stereocenters. The van der Waals surface area contributed by atoms with E-state index >= 15 is 0 Å². The zero-order chi connectivity index (χ0) is 14.1. The molecule has 4 rings (SSSR count). The van der Waals surface area contributed by atoms with E-state index in [4.69, 9.17) is 9.72 Å². The van der Waals surface area contributed by atoms with Crippen LogP contribution in [0.3, 0.4) is 0 Å². The second kappa shape index (κ2) is 5.53. The first-order chi connectivity index (χ1) is 10.4. The zero-order valence-corrected chi connectivity index (χ0v) is 12.2. The Kier molecular flexibility index (Phi) is 3.39. The van der Waals surface area contributed by atoms with Crippen molar-refractivity contribution in [3.8, 4) is 5.88 Å². The third kappa shape index (κ3) is 2.56. The van der Waals surface area contributed by atoms with E-state index < -0.39 is 0 Å². The Morgan fingerprint density at radius 3 is 2.90 bits per heavy atom. The highest BCUT2D eigenvalue weighted by atomic mass is 16.5. The van der Waals surface area contributed by atoms with Crippen LogP contribution in [-0.4, -0.2) is 29.2 Å². The van der Waals surface area contributed by atoms with Crippen molar-refractivity contribution in [2.45, 2.75) is 38.2 Å². The second-order valence-electron chi connectivity index (χ2n) is 5.96. The molecule has 1 saturated carbocycles. The predicted molar refractivity (Wildman–Crippen MR) is 84.4 cm³/mol. The van der Waals surface area contributed by atoms with Gasteiger partial charge >= 0.3 is 0 Å². The Hall–Kier alpha value is -1.81. The van der Waals surface area contributed by atoms with Gasteiger partial charge in [0, 0.05) is 24.4 Å². The predicted octanol–water partition coefficient (Wildman–Crippen LogP) is 3.26. The maximum atomic E-state index is 6.04. The number of ether oxygens (including phenoxy) is 1.